The molecule has 112 valence electrons. The molecule has 2 rings (SSSR count). The number of hydrogen-bond acceptors (Lipinski definition) is 2. The molecule has 3 heteroatoms. The maximum Gasteiger partial charge on any atom is 0.338 e. The van der Waals surface area contributed by atoms with Crippen LogP contribution in [0.15, 0.2) is 42.5 Å². The lowest BCUT2D eigenvalue weighted by Crippen LogP contribution is -2.23. The highest BCUT2D eigenvalue weighted by atomic mass is 35.5. The van der Waals surface area contributed by atoms with Crippen molar-refractivity contribution in [1.82, 2.24) is 0 Å². The molecule has 0 heterocycles. The van der Waals surface area contributed by atoms with E-state index in [-0.39, 0.29) is 5.97 Å². The van der Waals surface area contributed by atoms with Crippen molar-refractivity contribution in [2.24, 2.45) is 0 Å². The monoisotopic (exact) mass is 312 g/mol. The van der Waals surface area contributed by atoms with Gasteiger partial charge in [-0.3, -0.25) is 0 Å². The van der Waals surface area contributed by atoms with Gasteiger partial charge in [0.15, 0.2) is 0 Å². The Labute approximate surface area is 136 Å². The van der Waals surface area contributed by atoms with Crippen LogP contribution in [-0.2, 0) is 4.74 Å². The zero-order valence-electron chi connectivity index (χ0n) is 12.8. The van der Waals surface area contributed by atoms with Gasteiger partial charge in [-0.2, -0.15) is 0 Å². The van der Waals surface area contributed by atoms with Gasteiger partial charge in [0.05, 0.1) is 10.6 Å². The molecule has 0 amide bonds. The Hall–Kier alpha value is -2.24. The first-order chi connectivity index (χ1) is 10.3. The molecule has 0 saturated heterocycles. The van der Waals surface area contributed by atoms with Crippen LogP contribution in [0.5, 0.6) is 0 Å². The summed E-state index contributed by atoms with van der Waals surface area (Å²) in [5, 5.41) is 0.552. The number of benzene rings is 2. The maximum absolute atomic E-state index is 12.0. The Morgan fingerprint density at radius 3 is 2.23 bits per heavy atom. The van der Waals surface area contributed by atoms with Crippen LogP contribution >= 0.6 is 11.6 Å². The summed E-state index contributed by atoms with van der Waals surface area (Å²) in [7, 11) is 0. The molecule has 0 N–H and O–H groups in total. The molecule has 2 aromatic rings. The van der Waals surface area contributed by atoms with Crippen molar-refractivity contribution in [2.45, 2.75) is 26.4 Å². The molecule has 2 aromatic carbocycles. The number of carbonyl (C=O) groups is 1. The SMILES string of the molecule is C#Cc1cc(-c2ccc(C(=O)OC(C)(C)C)cc2)ccc1Cl. The van der Waals surface area contributed by atoms with Gasteiger partial charge in [-0.25, -0.2) is 4.79 Å². The maximum atomic E-state index is 12.0. The smallest absolute Gasteiger partial charge is 0.338 e. The lowest BCUT2D eigenvalue weighted by Gasteiger charge is -2.19. The third-order valence-electron chi connectivity index (χ3n) is 2.97. The van der Waals surface area contributed by atoms with Gasteiger partial charge in [-0.15, -0.1) is 6.42 Å². The topological polar surface area (TPSA) is 26.3 Å². The highest BCUT2D eigenvalue weighted by Gasteiger charge is 2.17. The number of rotatable bonds is 2. The lowest BCUT2D eigenvalue weighted by molar-refractivity contribution is 0.00696. The number of terminal acetylenes is 1. The zero-order chi connectivity index (χ0) is 16.3. The first-order valence-electron chi connectivity index (χ1n) is 6.90. The number of esters is 1. The predicted octanol–water partition coefficient (Wildman–Crippen LogP) is 4.94. The highest BCUT2D eigenvalue weighted by Crippen LogP contribution is 2.25. The van der Waals surface area contributed by atoms with Crippen LogP contribution in [0.3, 0.4) is 0 Å². The standard InChI is InChI=1S/C19H17ClO2/c1-5-13-12-16(10-11-17(13)20)14-6-8-15(9-7-14)18(21)22-19(2,3)4/h1,6-12H,2-4H3. The number of carbonyl (C=O) groups excluding carboxylic acids is 1. The molecule has 0 aliphatic carbocycles. The molecule has 0 spiro atoms. The van der Waals surface area contributed by atoms with E-state index in [1.54, 1.807) is 18.2 Å². The van der Waals surface area contributed by atoms with E-state index in [0.717, 1.165) is 11.1 Å². The summed E-state index contributed by atoms with van der Waals surface area (Å²) in [6.45, 7) is 5.52. The van der Waals surface area contributed by atoms with E-state index in [4.69, 9.17) is 22.8 Å². The van der Waals surface area contributed by atoms with Crippen molar-refractivity contribution >= 4 is 17.6 Å². The van der Waals surface area contributed by atoms with Crippen LogP contribution < -0.4 is 0 Å². The molecule has 0 aromatic heterocycles. The van der Waals surface area contributed by atoms with Crippen molar-refractivity contribution < 1.29 is 9.53 Å². The summed E-state index contributed by atoms with van der Waals surface area (Å²) >= 11 is 6.01. The van der Waals surface area contributed by atoms with E-state index < -0.39 is 5.60 Å². The third kappa shape index (κ3) is 3.90. The van der Waals surface area contributed by atoms with Crippen molar-refractivity contribution in [3.05, 3.63) is 58.6 Å². The molecule has 22 heavy (non-hydrogen) atoms. The van der Waals surface area contributed by atoms with Crippen LogP contribution in [0.1, 0.15) is 36.7 Å². The van der Waals surface area contributed by atoms with Crippen molar-refractivity contribution in [3.8, 4) is 23.5 Å². The lowest BCUT2D eigenvalue weighted by atomic mass is 10.0. The van der Waals surface area contributed by atoms with E-state index in [0.29, 0.717) is 16.1 Å². The molecule has 0 saturated carbocycles. The molecule has 2 nitrogen and oxygen atoms in total. The summed E-state index contributed by atoms with van der Waals surface area (Å²) in [5.74, 6) is 2.22. The minimum atomic E-state index is -0.506. The number of halogens is 1. The fraction of sp³-hybridized carbons (Fsp3) is 0.211. The normalized spacial score (nSPS) is 10.9. The molecule has 0 unspecified atom stereocenters. The average Bonchev–Trinajstić information content (AvgIpc) is 2.46. The average molecular weight is 313 g/mol. The second kappa shape index (κ2) is 6.25. The van der Waals surface area contributed by atoms with Crippen LogP contribution in [0.4, 0.5) is 0 Å². The summed E-state index contributed by atoms with van der Waals surface area (Å²) in [4.78, 5) is 12.0. The van der Waals surface area contributed by atoms with Crippen LogP contribution in [0.2, 0.25) is 5.02 Å². The summed E-state index contributed by atoms with van der Waals surface area (Å²) in [6.07, 6.45) is 5.42. The molecule has 0 aliphatic rings. The quantitative estimate of drug-likeness (QED) is 0.579. The molecular weight excluding hydrogens is 296 g/mol. The second-order valence-electron chi connectivity index (χ2n) is 5.92. The van der Waals surface area contributed by atoms with Gasteiger partial charge >= 0.3 is 5.97 Å². The molecule has 0 bridgehead atoms. The van der Waals surface area contributed by atoms with E-state index in [9.17, 15) is 4.79 Å². The minimum Gasteiger partial charge on any atom is -0.456 e. The Bertz CT molecular complexity index is 732. The Kier molecular flexibility index (Phi) is 4.59. The summed E-state index contributed by atoms with van der Waals surface area (Å²) in [5.41, 5.74) is 2.57. The van der Waals surface area contributed by atoms with Gasteiger partial charge in [0, 0.05) is 5.56 Å². The highest BCUT2D eigenvalue weighted by molar-refractivity contribution is 6.31. The summed E-state index contributed by atoms with van der Waals surface area (Å²) < 4.78 is 5.34. The fourth-order valence-electron chi connectivity index (χ4n) is 1.95. The molecule has 0 radical (unpaired) electrons. The van der Waals surface area contributed by atoms with Crippen LogP contribution in [0.25, 0.3) is 11.1 Å². The largest absolute Gasteiger partial charge is 0.456 e. The molecule has 0 atom stereocenters. The van der Waals surface area contributed by atoms with E-state index in [1.807, 2.05) is 45.0 Å². The zero-order valence-corrected chi connectivity index (χ0v) is 13.6. The van der Waals surface area contributed by atoms with Gasteiger partial charge in [-0.1, -0.05) is 35.7 Å². The van der Waals surface area contributed by atoms with E-state index in [1.165, 1.54) is 0 Å². The van der Waals surface area contributed by atoms with Gasteiger partial charge in [0.25, 0.3) is 0 Å². The van der Waals surface area contributed by atoms with E-state index >= 15 is 0 Å². The second-order valence-corrected chi connectivity index (χ2v) is 6.33. The van der Waals surface area contributed by atoms with Gasteiger partial charge in [0.1, 0.15) is 5.60 Å². The first kappa shape index (κ1) is 16.1. The van der Waals surface area contributed by atoms with Crippen LogP contribution in [0, 0.1) is 12.3 Å². The molecule has 0 aliphatic heterocycles. The number of ether oxygens (including phenoxy) is 1. The molecule has 0 fully saturated rings. The molecular formula is C19H17ClO2. The number of hydrogen-bond donors (Lipinski definition) is 0. The van der Waals surface area contributed by atoms with Crippen molar-refractivity contribution in [3.63, 3.8) is 0 Å². The van der Waals surface area contributed by atoms with Gasteiger partial charge in [0.2, 0.25) is 0 Å². The van der Waals surface area contributed by atoms with Crippen LogP contribution in [-0.4, -0.2) is 11.6 Å². The Morgan fingerprint density at radius 2 is 1.68 bits per heavy atom. The Balaban J connectivity index is 2.26. The first-order valence-corrected chi connectivity index (χ1v) is 7.28. The van der Waals surface area contributed by atoms with Crippen molar-refractivity contribution in [2.75, 3.05) is 0 Å². The van der Waals surface area contributed by atoms with Crippen molar-refractivity contribution in [1.29, 1.82) is 0 Å². The predicted molar refractivity (Wildman–Crippen MR) is 90.0 cm³/mol. The third-order valence-corrected chi connectivity index (χ3v) is 3.30. The fourth-order valence-corrected chi connectivity index (χ4v) is 2.12. The minimum absolute atomic E-state index is 0.334. The van der Waals surface area contributed by atoms with Gasteiger partial charge < -0.3 is 4.74 Å². The Morgan fingerprint density at radius 1 is 1.09 bits per heavy atom. The summed E-state index contributed by atoms with van der Waals surface area (Å²) in [6, 6.07) is 12.7. The van der Waals surface area contributed by atoms with E-state index in [2.05, 4.69) is 5.92 Å². The van der Waals surface area contributed by atoms with Gasteiger partial charge in [-0.05, 0) is 56.2 Å².